The van der Waals surface area contributed by atoms with Crippen molar-refractivity contribution in [2.24, 2.45) is 0 Å². The fourth-order valence-electron chi connectivity index (χ4n) is 1.44. The highest BCUT2D eigenvalue weighted by Crippen LogP contribution is 2.13. The van der Waals surface area contributed by atoms with Crippen LogP contribution in [0.5, 0.6) is 0 Å². The third-order valence-electron chi connectivity index (χ3n) is 2.38. The van der Waals surface area contributed by atoms with Gasteiger partial charge in [0, 0.05) is 20.3 Å². The van der Waals surface area contributed by atoms with Crippen LogP contribution in [-0.4, -0.2) is 38.5 Å². The summed E-state index contributed by atoms with van der Waals surface area (Å²) in [6.45, 7) is 2.75. The van der Waals surface area contributed by atoms with Crippen molar-refractivity contribution in [2.45, 2.75) is 12.8 Å². The Kier molecular flexibility index (Phi) is 7.91. The van der Waals surface area contributed by atoms with Gasteiger partial charge in [0.15, 0.2) is 0 Å². The molecule has 0 aromatic carbocycles. The summed E-state index contributed by atoms with van der Waals surface area (Å²) in [6, 6.07) is 5.26. The molecule has 0 saturated heterocycles. The molecule has 0 amide bonds. The lowest BCUT2D eigenvalue weighted by Crippen LogP contribution is -2.07. The summed E-state index contributed by atoms with van der Waals surface area (Å²) in [5.41, 5.74) is 0.505. The zero-order valence-corrected chi connectivity index (χ0v) is 11.7. The molecule has 0 radical (unpaired) electrons. The fourth-order valence-corrected chi connectivity index (χ4v) is 1.65. The Morgan fingerprint density at radius 1 is 1.32 bits per heavy atom. The van der Waals surface area contributed by atoms with Crippen molar-refractivity contribution in [3.8, 4) is 6.07 Å². The molecular weight excluding hydrogens is 266 g/mol. The van der Waals surface area contributed by atoms with E-state index in [0.717, 1.165) is 26.0 Å². The smallest absolute Gasteiger partial charge is 0.132 e. The minimum absolute atomic E-state index is 0.324. The number of methoxy groups -OCH3 is 1. The van der Waals surface area contributed by atoms with Crippen LogP contribution in [0.1, 0.15) is 18.4 Å². The molecule has 0 aliphatic carbocycles. The third kappa shape index (κ3) is 6.97. The Morgan fingerprint density at radius 3 is 2.89 bits per heavy atom. The van der Waals surface area contributed by atoms with Gasteiger partial charge in [-0.15, -0.1) is 0 Å². The molecule has 0 spiro atoms. The molecular formula is C13H18ClN3O2. The van der Waals surface area contributed by atoms with Gasteiger partial charge in [0.2, 0.25) is 0 Å². The predicted octanol–water partition coefficient (Wildman–Crippen LogP) is 2.46. The number of aromatic nitrogens is 1. The molecule has 1 heterocycles. The minimum Gasteiger partial charge on any atom is -0.382 e. The van der Waals surface area contributed by atoms with Crippen LogP contribution >= 0.6 is 11.6 Å². The largest absolute Gasteiger partial charge is 0.382 e. The van der Waals surface area contributed by atoms with Gasteiger partial charge in [-0.25, -0.2) is 4.98 Å². The van der Waals surface area contributed by atoms with Crippen molar-refractivity contribution < 1.29 is 9.47 Å². The van der Waals surface area contributed by atoms with E-state index >= 15 is 0 Å². The van der Waals surface area contributed by atoms with Crippen molar-refractivity contribution in [1.29, 1.82) is 5.26 Å². The first-order valence-electron chi connectivity index (χ1n) is 6.14. The van der Waals surface area contributed by atoms with Crippen LogP contribution in [0.25, 0.3) is 0 Å². The molecule has 0 saturated carbocycles. The molecule has 0 aliphatic heterocycles. The maximum atomic E-state index is 8.81. The predicted molar refractivity (Wildman–Crippen MR) is 74.4 cm³/mol. The maximum Gasteiger partial charge on any atom is 0.132 e. The zero-order chi connectivity index (χ0) is 13.9. The lowest BCUT2D eigenvalue weighted by atomic mass is 10.3. The van der Waals surface area contributed by atoms with Gasteiger partial charge in [-0.3, -0.25) is 0 Å². The second-order valence-corrected chi connectivity index (χ2v) is 4.30. The molecule has 0 aliphatic rings. The summed E-state index contributed by atoms with van der Waals surface area (Å²) in [5.74, 6) is 0.629. The summed E-state index contributed by atoms with van der Waals surface area (Å²) < 4.78 is 10.2. The topological polar surface area (TPSA) is 67.2 Å². The highest BCUT2D eigenvalue weighted by molar-refractivity contribution is 6.29. The lowest BCUT2D eigenvalue weighted by Gasteiger charge is -2.07. The van der Waals surface area contributed by atoms with E-state index in [1.165, 1.54) is 6.07 Å². The Labute approximate surface area is 118 Å². The maximum absolute atomic E-state index is 8.81. The molecule has 1 N–H and O–H groups in total. The van der Waals surface area contributed by atoms with Crippen molar-refractivity contribution in [1.82, 2.24) is 4.98 Å². The quantitative estimate of drug-likeness (QED) is 0.557. The van der Waals surface area contributed by atoms with E-state index in [1.54, 1.807) is 13.2 Å². The first kappa shape index (κ1) is 15.7. The fraction of sp³-hybridized carbons (Fsp3) is 0.538. The molecule has 1 aromatic heterocycles. The van der Waals surface area contributed by atoms with Crippen molar-refractivity contribution >= 4 is 17.4 Å². The summed E-state index contributed by atoms with van der Waals surface area (Å²) in [6.07, 6.45) is 1.92. The Bertz CT molecular complexity index is 421. The average molecular weight is 284 g/mol. The molecule has 6 heteroatoms. The highest BCUT2D eigenvalue weighted by Gasteiger charge is 2.00. The van der Waals surface area contributed by atoms with E-state index in [2.05, 4.69) is 10.3 Å². The van der Waals surface area contributed by atoms with E-state index in [9.17, 15) is 0 Å². The lowest BCUT2D eigenvalue weighted by molar-refractivity contribution is 0.0691. The summed E-state index contributed by atoms with van der Waals surface area (Å²) >= 11 is 5.81. The Hall–Kier alpha value is -1.35. The number of halogens is 1. The molecule has 0 fully saturated rings. The van der Waals surface area contributed by atoms with Crippen LogP contribution in [0.4, 0.5) is 5.82 Å². The van der Waals surface area contributed by atoms with Crippen LogP contribution in [0.2, 0.25) is 5.15 Å². The number of unbranched alkanes of at least 4 members (excludes halogenated alkanes) is 1. The van der Waals surface area contributed by atoms with Crippen molar-refractivity contribution in [2.75, 3.05) is 38.8 Å². The van der Waals surface area contributed by atoms with E-state index in [1.807, 2.05) is 6.07 Å². The first-order valence-corrected chi connectivity index (χ1v) is 6.52. The molecule has 5 nitrogen and oxygen atoms in total. The molecule has 1 rings (SSSR count). The highest BCUT2D eigenvalue weighted by atomic mass is 35.5. The molecule has 0 atom stereocenters. The standard InChI is InChI=1S/C13H18ClN3O2/c1-18-6-7-19-5-3-2-4-16-13-9-11(10-15)8-12(14)17-13/h8-9H,2-7H2,1H3,(H,16,17). The van der Waals surface area contributed by atoms with Gasteiger partial charge in [0.25, 0.3) is 0 Å². The van der Waals surface area contributed by atoms with Gasteiger partial charge in [0.05, 0.1) is 24.8 Å². The minimum atomic E-state index is 0.324. The van der Waals surface area contributed by atoms with Crippen LogP contribution in [0.15, 0.2) is 12.1 Å². The van der Waals surface area contributed by atoms with E-state index in [0.29, 0.717) is 29.7 Å². The SMILES string of the molecule is COCCOCCCCNc1cc(C#N)cc(Cl)n1. The second-order valence-electron chi connectivity index (χ2n) is 3.91. The van der Waals surface area contributed by atoms with Gasteiger partial charge in [-0.1, -0.05) is 11.6 Å². The third-order valence-corrected chi connectivity index (χ3v) is 2.57. The van der Waals surface area contributed by atoms with E-state index in [4.69, 9.17) is 26.3 Å². The molecule has 104 valence electrons. The van der Waals surface area contributed by atoms with Gasteiger partial charge < -0.3 is 14.8 Å². The Balaban J connectivity index is 2.16. The van der Waals surface area contributed by atoms with Crippen molar-refractivity contribution in [3.05, 3.63) is 22.8 Å². The summed E-state index contributed by atoms with van der Waals surface area (Å²) in [4.78, 5) is 4.10. The Morgan fingerprint density at radius 2 is 2.16 bits per heavy atom. The number of anilines is 1. The summed E-state index contributed by atoms with van der Waals surface area (Å²) in [5, 5.41) is 12.3. The monoisotopic (exact) mass is 283 g/mol. The van der Waals surface area contributed by atoms with E-state index < -0.39 is 0 Å². The zero-order valence-electron chi connectivity index (χ0n) is 11.0. The molecule has 1 aromatic rings. The number of hydrogen-bond donors (Lipinski definition) is 1. The first-order chi connectivity index (χ1) is 9.26. The number of nitrogens with zero attached hydrogens (tertiary/aromatic N) is 2. The van der Waals surface area contributed by atoms with Crippen LogP contribution in [-0.2, 0) is 9.47 Å². The van der Waals surface area contributed by atoms with Crippen LogP contribution < -0.4 is 5.32 Å². The number of nitrogens with one attached hydrogen (secondary N) is 1. The summed E-state index contributed by atoms with van der Waals surface area (Å²) in [7, 11) is 1.65. The van der Waals surface area contributed by atoms with Crippen LogP contribution in [0.3, 0.4) is 0 Å². The molecule has 0 unspecified atom stereocenters. The number of pyridine rings is 1. The van der Waals surface area contributed by atoms with Crippen molar-refractivity contribution in [3.63, 3.8) is 0 Å². The molecule has 19 heavy (non-hydrogen) atoms. The number of hydrogen-bond acceptors (Lipinski definition) is 5. The number of rotatable bonds is 9. The van der Waals surface area contributed by atoms with Gasteiger partial charge >= 0.3 is 0 Å². The molecule has 0 bridgehead atoms. The van der Waals surface area contributed by atoms with Gasteiger partial charge in [-0.2, -0.15) is 5.26 Å². The average Bonchev–Trinajstić information content (AvgIpc) is 2.41. The van der Waals surface area contributed by atoms with Gasteiger partial charge in [0.1, 0.15) is 11.0 Å². The second kappa shape index (κ2) is 9.56. The van der Waals surface area contributed by atoms with Gasteiger partial charge in [-0.05, 0) is 25.0 Å². The van der Waals surface area contributed by atoms with E-state index in [-0.39, 0.29) is 0 Å². The normalized spacial score (nSPS) is 10.2. The number of nitriles is 1. The van der Waals surface area contributed by atoms with Crippen LogP contribution in [0, 0.1) is 11.3 Å². The number of ether oxygens (including phenoxy) is 2.